The van der Waals surface area contributed by atoms with Crippen molar-refractivity contribution in [3.05, 3.63) is 34.3 Å². The molecular weight excluding hydrogens is 306 g/mol. The lowest BCUT2D eigenvalue weighted by Crippen LogP contribution is -2.23. The van der Waals surface area contributed by atoms with E-state index in [0.717, 1.165) is 23.1 Å². The number of benzene rings is 1. The van der Waals surface area contributed by atoms with Gasteiger partial charge in [0.1, 0.15) is 0 Å². The van der Waals surface area contributed by atoms with Crippen molar-refractivity contribution < 1.29 is 0 Å². The topological polar surface area (TPSA) is 60.0 Å². The number of rotatable bonds is 5. The molecule has 0 saturated carbocycles. The number of nitrogens with two attached hydrogens (primary N) is 1. The van der Waals surface area contributed by atoms with Crippen LogP contribution < -0.4 is 10.6 Å². The summed E-state index contributed by atoms with van der Waals surface area (Å²) in [6.07, 6.45) is 0. The standard InChI is InChI=1S/C13H18BrN5/c1-3-18(4-2)13-16-12(15)19(17-13)9-10-7-5-6-8-11(10)14/h5-8H,3-4,9H2,1-2H3,(H2,15,16,17). The Bertz CT molecular complexity index is 548. The first-order valence-electron chi connectivity index (χ1n) is 6.34. The van der Waals surface area contributed by atoms with E-state index in [-0.39, 0.29) is 0 Å². The van der Waals surface area contributed by atoms with Gasteiger partial charge in [-0.05, 0) is 25.5 Å². The number of hydrogen-bond acceptors (Lipinski definition) is 4. The zero-order valence-corrected chi connectivity index (χ0v) is 12.8. The minimum Gasteiger partial charge on any atom is -0.368 e. The van der Waals surface area contributed by atoms with Gasteiger partial charge in [-0.25, -0.2) is 4.68 Å². The van der Waals surface area contributed by atoms with E-state index >= 15 is 0 Å². The largest absolute Gasteiger partial charge is 0.368 e. The highest BCUT2D eigenvalue weighted by Gasteiger charge is 2.12. The van der Waals surface area contributed by atoms with Crippen molar-refractivity contribution in [1.29, 1.82) is 0 Å². The first kappa shape index (κ1) is 13.9. The molecule has 6 heteroatoms. The molecule has 19 heavy (non-hydrogen) atoms. The van der Waals surface area contributed by atoms with Crippen LogP contribution >= 0.6 is 15.9 Å². The molecule has 0 aliphatic carbocycles. The van der Waals surface area contributed by atoms with Gasteiger partial charge >= 0.3 is 0 Å². The molecule has 0 unspecified atom stereocenters. The summed E-state index contributed by atoms with van der Waals surface area (Å²) in [7, 11) is 0. The fourth-order valence-electron chi connectivity index (χ4n) is 1.89. The van der Waals surface area contributed by atoms with Gasteiger partial charge in [-0.15, -0.1) is 5.10 Å². The smallest absolute Gasteiger partial charge is 0.246 e. The summed E-state index contributed by atoms with van der Waals surface area (Å²) >= 11 is 3.53. The fourth-order valence-corrected chi connectivity index (χ4v) is 2.30. The predicted octanol–water partition coefficient (Wildman–Crippen LogP) is 2.52. The van der Waals surface area contributed by atoms with Crippen LogP contribution in [-0.4, -0.2) is 27.9 Å². The van der Waals surface area contributed by atoms with E-state index in [0.29, 0.717) is 18.4 Å². The highest BCUT2D eigenvalue weighted by Crippen LogP contribution is 2.19. The van der Waals surface area contributed by atoms with Crippen molar-refractivity contribution in [3.63, 3.8) is 0 Å². The minimum absolute atomic E-state index is 0.442. The van der Waals surface area contributed by atoms with E-state index in [9.17, 15) is 0 Å². The Labute approximate surface area is 121 Å². The maximum Gasteiger partial charge on any atom is 0.246 e. The van der Waals surface area contributed by atoms with Gasteiger partial charge in [-0.2, -0.15) is 4.98 Å². The maximum atomic E-state index is 5.93. The molecule has 2 N–H and O–H groups in total. The highest BCUT2D eigenvalue weighted by molar-refractivity contribution is 9.10. The molecule has 0 spiro atoms. The number of halogens is 1. The molecule has 5 nitrogen and oxygen atoms in total. The molecule has 0 radical (unpaired) electrons. The number of nitrogens with zero attached hydrogens (tertiary/aromatic N) is 4. The second-order valence-electron chi connectivity index (χ2n) is 4.19. The Morgan fingerprint density at radius 3 is 2.58 bits per heavy atom. The lowest BCUT2D eigenvalue weighted by molar-refractivity contribution is 0.685. The van der Waals surface area contributed by atoms with Gasteiger partial charge in [0, 0.05) is 17.6 Å². The van der Waals surface area contributed by atoms with Crippen LogP contribution in [0.25, 0.3) is 0 Å². The lowest BCUT2D eigenvalue weighted by Gasteiger charge is -2.15. The monoisotopic (exact) mass is 323 g/mol. The van der Waals surface area contributed by atoms with Crippen LogP contribution in [0.4, 0.5) is 11.9 Å². The van der Waals surface area contributed by atoms with Crippen LogP contribution in [-0.2, 0) is 6.54 Å². The average Bonchev–Trinajstić information content (AvgIpc) is 2.75. The van der Waals surface area contributed by atoms with Crippen LogP contribution in [0.1, 0.15) is 19.4 Å². The number of aromatic nitrogens is 3. The number of hydrogen-bond donors (Lipinski definition) is 1. The van der Waals surface area contributed by atoms with Crippen LogP contribution in [0.15, 0.2) is 28.7 Å². The Morgan fingerprint density at radius 1 is 1.26 bits per heavy atom. The molecular formula is C13H18BrN5. The van der Waals surface area contributed by atoms with Gasteiger partial charge in [0.15, 0.2) is 0 Å². The third kappa shape index (κ3) is 3.07. The van der Waals surface area contributed by atoms with E-state index < -0.39 is 0 Å². The van der Waals surface area contributed by atoms with Crippen LogP contribution in [0.2, 0.25) is 0 Å². The van der Waals surface area contributed by atoms with E-state index in [1.807, 2.05) is 24.3 Å². The van der Waals surface area contributed by atoms with Gasteiger partial charge in [-0.1, -0.05) is 34.1 Å². The van der Waals surface area contributed by atoms with Gasteiger partial charge in [-0.3, -0.25) is 0 Å². The molecule has 2 aromatic rings. The molecule has 1 aromatic carbocycles. The maximum absolute atomic E-state index is 5.93. The first-order chi connectivity index (χ1) is 9.15. The average molecular weight is 324 g/mol. The normalized spacial score (nSPS) is 10.7. The van der Waals surface area contributed by atoms with Crippen molar-refractivity contribution in [3.8, 4) is 0 Å². The van der Waals surface area contributed by atoms with E-state index in [2.05, 4.69) is 44.8 Å². The van der Waals surface area contributed by atoms with Crippen LogP contribution in [0.5, 0.6) is 0 Å². The van der Waals surface area contributed by atoms with Gasteiger partial charge < -0.3 is 10.6 Å². The Balaban J connectivity index is 2.24. The fraction of sp³-hybridized carbons (Fsp3) is 0.385. The molecule has 0 saturated heterocycles. The Morgan fingerprint density at radius 2 is 1.95 bits per heavy atom. The summed E-state index contributed by atoms with van der Waals surface area (Å²) in [5, 5.41) is 4.47. The minimum atomic E-state index is 0.442. The van der Waals surface area contributed by atoms with Crippen molar-refractivity contribution in [2.45, 2.75) is 20.4 Å². The molecule has 0 aliphatic heterocycles. The molecule has 0 amide bonds. The van der Waals surface area contributed by atoms with Gasteiger partial charge in [0.2, 0.25) is 11.9 Å². The second-order valence-corrected chi connectivity index (χ2v) is 5.05. The Hall–Kier alpha value is -1.56. The summed E-state index contributed by atoms with van der Waals surface area (Å²) in [6, 6.07) is 8.04. The quantitative estimate of drug-likeness (QED) is 0.918. The number of nitrogen functional groups attached to an aromatic ring is 1. The van der Waals surface area contributed by atoms with Crippen molar-refractivity contribution >= 4 is 27.8 Å². The van der Waals surface area contributed by atoms with Crippen molar-refractivity contribution in [1.82, 2.24) is 14.8 Å². The van der Waals surface area contributed by atoms with Gasteiger partial charge in [0.05, 0.1) is 6.54 Å². The summed E-state index contributed by atoms with van der Waals surface area (Å²) in [6.45, 7) is 6.51. The zero-order chi connectivity index (χ0) is 13.8. The molecule has 1 aromatic heterocycles. The molecule has 2 rings (SSSR count). The molecule has 0 aliphatic rings. The third-order valence-corrected chi connectivity index (χ3v) is 3.79. The molecule has 0 atom stereocenters. The Kier molecular flexibility index (Phi) is 4.42. The summed E-state index contributed by atoms with van der Waals surface area (Å²) in [5.41, 5.74) is 7.06. The molecule has 0 bridgehead atoms. The lowest BCUT2D eigenvalue weighted by atomic mass is 10.2. The van der Waals surface area contributed by atoms with E-state index in [4.69, 9.17) is 5.73 Å². The molecule has 0 fully saturated rings. The van der Waals surface area contributed by atoms with Crippen molar-refractivity contribution in [2.24, 2.45) is 0 Å². The third-order valence-electron chi connectivity index (χ3n) is 3.01. The van der Waals surface area contributed by atoms with Crippen LogP contribution in [0.3, 0.4) is 0 Å². The van der Waals surface area contributed by atoms with Crippen LogP contribution in [0, 0.1) is 0 Å². The first-order valence-corrected chi connectivity index (χ1v) is 7.13. The summed E-state index contributed by atoms with van der Waals surface area (Å²) in [5.74, 6) is 1.13. The van der Waals surface area contributed by atoms with E-state index in [1.54, 1.807) is 4.68 Å². The second kappa shape index (κ2) is 6.06. The van der Waals surface area contributed by atoms with E-state index in [1.165, 1.54) is 0 Å². The molecule has 1 heterocycles. The predicted molar refractivity (Wildman–Crippen MR) is 81.2 cm³/mol. The number of anilines is 2. The summed E-state index contributed by atoms with van der Waals surface area (Å²) in [4.78, 5) is 6.40. The SMILES string of the molecule is CCN(CC)c1nc(N)n(Cc2ccccc2Br)n1. The van der Waals surface area contributed by atoms with Gasteiger partial charge in [0.25, 0.3) is 0 Å². The zero-order valence-electron chi connectivity index (χ0n) is 11.2. The van der Waals surface area contributed by atoms with Crippen molar-refractivity contribution in [2.75, 3.05) is 23.7 Å². The highest BCUT2D eigenvalue weighted by atomic mass is 79.9. The summed E-state index contributed by atoms with van der Waals surface area (Å²) < 4.78 is 2.78. The molecule has 102 valence electrons.